The molecule has 0 bridgehead atoms. The van der Waals surface area contributed by atoms with Gasteiger partial charge in [-0.15, -0.1) is 0 Å². The van der Waals surface area contributed by atoms with Crippen molar-refractivity contribution in [2.75, 3.05) is 11.5 Å². The van der Waals surface area contributed by atoms with E-state index in [1.807, 2.05) is 17.8 Å². The standard InChI is InChI=1S/C13H17ClO2S/c1-2-17-6-5-10-8-12(15)11-7-9(14)3-4-13(11)16-10/h3-4,7,10,12,15H,2,5-6,8H2,1H3/t10?,12-/m0/s1. The van der Waals surface area contributed by atoms with Gasteiger partial charge in [-0.1, -0.05) is 18.5 Å². The Morgan fingerprint density at radius 3 is 3.12 bits per heavy atom. The molecule has 1 aliphatic rings. The Balaban J connectivity index is 2.03. The van der Waals surface area contributed by atoms with Gasteiger partial charge >= 0.3 is 0 Å². The van der Waals surface area contributed by atoms with E-state index in [0.717, 1.165) is 29.2 Å². The fraction of sp³-hybridized carbons (Fsp3) is 0.538. The van der Waals surface area contributed by atoms with Crippen LogP contribution in [0, 0.1) is 0 Å². The highest BCUT2D eigenvalue weighted by Crippen LogP contribution is 2.37. The Morgan fingerprint density at radius 1 is 1.53 bits per heavy atom. The molecule has 0 aliphatic carbocycles. The van der Waals surface area contributed by atoms with Gasteiger partial charge in [0.2, 0.25) is 0 Å². The second-order valence-electron chi connectivity index (χ2n) is 4.16. The van der Waals surface area contributed by atoms with Crippen molar-refractivity contribution in [3.8, 4) is 5.75 Å². The van der Waals surface area contributed by atoms with Crippen LogP contribution in [0.5, 0.6) is 5.75 Å². The fourth-order valence-corrected chi connectivity index (χ4v) is 2.93. The van der Waals surface area contributed by atoms with E-state index >= 15 is 0 Å². The van der Waals surface area contributed by atoms with Crippen LogP contribution < -0.4 is 4.74 Å². The summed E-state index contributed by atoms with van der Waals surface area (Å²) < 4.78 is 5.87. The molecule has 2 rings (SSSR count). The lowest BCUT2D eigenvalue weighted by molar-refractivity contribution is 0.0648. The van der Waals surface area contributed by atoms with Crippen LogP contribution in [0.15, 0.2) is 18.2 Å². The Hall–Kier alpha value is -0.380. The minimum absolute atomic E-state index is 0.123. The zero-order valence-electron chi connectivity index (χ0n) is 9.86. The average Bonchev–Trinajstić information content (AvgIpc) is 2.31. The van der Waals surface area contributed by atoms with Gasteiger partial charge in [-0.05, 0) is 36.1 Å². The minimum atomic E-state index is -0.450. The molecule has 0 saturated heterocycles. The van der Waals surface area contributed by atoms with E-state index in [1.54, 1.807) is 12.1 Å². The molecule has 0 radical (unpaired) electrons. The molecule has 0 spiro atoms. The lowest BCUT2D eigenvalue weighted by Crippen LogP contribution is -2.26. The third-order valence-corrected chi connectivity index (χ3v) is 4.07. The van der Waals surface area contributed by atoms with Crippen molar-refractivity contribution in [1.82, 2.24) is 0 Å². The molecular weight excluding hydrogens is 256 g/mol. The van der Waals surface area contributed by atoms with Crippen molar-refractivity contribution in [2.24, 2.45) is 0 Å². The number of hydrogen-bond acceptors (Lipinski definition) is 3. The number of aliphatic hydroxyl groups is 1. The topological polar surface area (TPSA) is 29.5 Å². The predicted molar refractivity (Wildman–Crippen MR) is 73.1 cm³/mol. The molecule has 17 heavy (non-hydrogen) atoms. The quantitative estimate of drug-likeness (QED) is 0.848. The Morgan fingerprint density at radius 2 is 2.35 bits per heavy atom. The van der Waals surface area contributed by atoms with Gasteiger partial charge in [0.25, 0.3) is 0 Å². The maximum Gasteiger partial charge on any atom is 0.125 e. The number of ether oxygens (including phenoxy) is 1. The predicted octanol–water partition coefficient (Wildman–Crippen LogP) is 3.67. The summed E-state index contributed by atoms with van der Waals surface area (Å²) in [5, 5.41) is 10.7. The van der Waals surface area contributed by atoms with Crippen LogP contribution in [0.3, 0.4) is 0 Å². The Bertz CT molecular complexity index is 384. The number of fused-ring (bicyclic) bond motifs is 1. The Kier molecular flexibility index (Phi) is 4.60. The van der Waals surface area contributed by atoms with Gasteiger partial charge in [0.1, 0.15) is 11.9 Å². The molecule has 1 aromatic rings. The number of rotatable bonds is 4. The van der Waals surface area contributed by atoms with Crippen LogP contribution >= 0.6 is 23.4 Å². The van der Waals surface area contributed by atoms with E-state index in [9.17, 15) is 5.11 Å². The molecule has 0 amide bonds. The molecule has 0 fully saturated rings. The van der Waals surface area contributed by atoms with E-state index in [0.29, 0.717) is 11.4 Å². The molecule has 0 saturated carbocycles. The van der Waals surface area contributed by atoms with Crippen LogP contribution in [0.4, 0.5) is 0 Å². The number of halogens is 1. The van der Waals surface area contributed by atoms with Crippen molar-refractivity contribution >= 4 is 23.4 Å². The average molecular weight is 273 g/mol. The molecule has 1 N–H and O–H groups in total. The van der Waals surface area contributed by atoms with E-state index in [4.69, 9.17) is 16.3 Å². The minimum Gasteiger partial charge on any atom is -0.490 e. The van der Waals surface area contributed by atoms with Crippen LogP contribution in [0.2, 0.25) is 5.02 Å². The molecule has 94 valence electrons. The lowest BCUT2D eigenvalue weighted by Gasteiger charge is -2.29. The van der Waals surface area contributed by atoms with E-state index in [1.165, 1.54) is 0 Å². The van der Waals surface area contributed by atoms with Crippen molar-refractivity contribution in [2.45, 2.75) is 32.0 Å². The zero-order chi connectivity index (χ0) is 12.3. The summed E-state index contributed by atoms with van der Waals surface area (Å²) in [6.07, 6.45) is 1.32. The fourth-order valence-electron chi connectivity index (χ4n) is 2.03. The largest absolute Gasteiger partial charge is 0.490 e. The van der Waals surface area contributed by atoms with Gasteiger partial charge in [0, 0.05) is 17.0 Å². The zero-order valence-corrected chi connectivity index (χ0v) is 11.4. The number of benzene rings is 1. The summed E-state index contributed by atoms with van der Waals surface area (Å²) in [4.78, 5) is 0. The highest BCUT2D eigenvalue weighted by atomic mass is 35.5. The van der Waals surface area contributed by atoms with Gasteiger partial charge in [0.05, 0.1) is 6.10 Å². The second kappa shape index (κ2) is 5.98. The molecular formula is C13H17ClO2S. The van der Waals surface area contributed by atoms with Gasteiger partial charge in [0.15, 0.2) is 0 Å². The van der Waals surface area contributed by atoms with Gasteiger partial charge < -0.3 is 9.84 Å². The molecule has 0 aromatic heterocycles. The van der Waals surface area contributed by atoms with Crippen LogP contribution in [-0.4, -0.2) is 22.7 Å². The van der Waals surface area contributed by atoms with Gasteiger partial charge in [-0.2, -0.15) is 11.8 Å². The first-order valence-electron chi connectivity index (χ1n) is 5.92. The Labute approximate surface area is 111 Å². The summed E-state index contributed by atoms with van der Waals surface area (Å²) in [7, 11) is 0. The molecule has 1 aliphatic heterocycles. The molecule has 4 heteroatoms. The first-order valence-corrected chi connectivity index (χ1v) is 7.46. The van der Waals surface area contributed by atoms with Crippen LogP contribution in [-0.2, 0) is 0 Å². The summed E-state index contributed by atoms with van der Waals surface area (Å²) >= 11 is 7.81. The molecule has 1 aromatic carbocycles. The third-order valence-electron chi connectivity index (χ3n) is 2.90. The van der Waals surface area contributed by atoms with Crippen molar-refractivity contribution < 1.29 is 9.84 Å². The summed E-state index contributed by atoms with van der Waals surface area (Å²) in [6, 6.07) is 5.44. The second-order valence-corrected chi connectivity index (χ2v) is 5.99. The van der Waals surface area contributed by atoms with Gasteiger partial charge in [-0.3, -0.25) is 0 Å². The normalized spacial score (nSPS) is 23.0. The highest BCUT2D eigenvalue weighted by molar-refractivity contribution is 7.99. The van der Waals surface area contributed by atoms with Crippen LogP contribution in [0.25, 0.3) is 0 Å². The summed E-state index contributed by atoms with van der Waals surface area (Å²) in [5.74, 6) is 2.98. The highest BCUT2D eigenvalue weighted by Gasteiger charge is 2.26. The van der Waals surface area contributed by atoms with E-state index in [2.05, 4.69) is 6.92 Å². The van der Waals surface area contributed by atoms with Crippen molar-refractivity contribution in [1.29, 1.82) is 0 Å². The monoisotopic (exact) mass is 272 g/mol. The smallest absolute Gasteiger partial charge is 0.125 e. The number of hydrogen-bond donors (Lipinski definition) is 1. The lowest BCUT2D eigenvalue weighted by atomic mass is 9.98. The van der Waals surface area contributed by atoms with E-state index < -0.39 is 6.10 Å². The first-order chi connectivity index (χ1) is 8.20. The maximum atomic E-state index is 10.1. The van der Waals surface area contributed by atoms with E-state index in [-0.39, 0.29) is 6.10 Å². The maximum absolute atomic E-state index is 10.1. The van der Waals surface area contributed by atoms with Crippen molar-refractivity contribution in [3.05, 3.63) is 28.8 Å². The molecule has 2 atom stereocenters. The van der Waals surface area contributed by atoms with Crippen molar-refractivity contribution in [3.63, 3.8) is 0 Å². The number of thioether (sulfide) groups is 1. The summed E-state index contributed by atoms with van der Waals surface area (Å²) in [6.45, 7) is 2.15. The first kappa shape index (κ1) is 13.1. The van der Waals surface area contributed by atoms with Gasteiger partial charge in [-0.25, -0.2) is 0 Å². The molecule has 2 nitrogen and oxygen atoms in total. The summed E-state index contributed by atoms with van der Waals surface area (Å²) in [5.41, 5.74) is 0.817. The molecule has 1 unspecified atom stereocenters. The molecule has 1 heterocycles. The number of aliphatic hydroxyl groups excluding tert-OH is 1. The van der Waals surface area contributed by atoms with Crippen LogP contribution in [0.1, 0.15) is 31.4 Å². The third kappa shape index (κ3) is 3.30. The SMILES string of the molecule is CCSCCC1C[C@H](O)c2cc(Cl)ccc2O1.